The summed E-state index contributed by atoms with van der Waals surface area (Å²) in [6, 6.07) is 3.09. The van der Waals surface area contributed by atoms with Crippen LogP contribution in [0.2, 0.25) is 0 Å². The number of benzene rings is 1. The van der Waals surface area contributed by atoms with Crippen LogP contribution in [0.15, 0.2) is 12.1 Å². The number of rotatable bonds is 6. The quantitative estimate of drug-likeness (QED) is 0.801. The predicted octanol–water partition coefficient (Wildman–Crippen LogP) is 1.83. The number of piperidine rings is 1. The number of hydrogen-bond acceptors (Lipinski definition) is 4. The summed E-state index contributed by atoms with van der Waals surface area (Å²) in [7, 11) is 0. The molecule has 1 aliphatic rings. The number of amides is 2. The number of carbonyl (C=O) groups is 2. The van der Waals surface area contributed by atoms with Gasteiger partial charge in [0.15, 0.2) is 0 Å². The van der Waals surface area contributed by atoms with E-state index in [0.717, 1.165) is 12.8 Å². The van der Waals surface area contributed by atoms with E-state index in [0.29, 0.717) is 42.9 Å². The molecule has 6 nitrogen and oxygen atoms in total. The first-order valence-corrected chi connectivity index (χ1v) is 8.66. The number of halogens is 2. The molecule has 0 spiro atoms. The van der Waals surface area contributed by atoms with Gasteiger partial charge in [-0.1, -0.05) is 0 Å². The summed E-state index contributed by atoms with van der Waals surface area (Å²) in [5.74, 6) is -0.478. The van der Waals surface area contributed by atoms with E-state index in [1.54, 1.807) is 30.9 Å². The fraction of sp³-hybridized carbons (Fsp3) is 0.556. The monoisotopic (exact) mass is 369 g/mol. The summed E-state index contributed by atoms with van der Waals surface area (Å²) in [5, 5.41) is 2.76. The molecule has 0 aromatic heterocycles. The molecule has 8 heteroatoms. The van der Waals surface area contributed by atoms with Crippen LogP contribution >= 0.6 is 0 Å². The van der Waals surface area contributed by atoms with Gasteiger partial charge in [-0.3, -0.25) is 9.59 Å². The molecule has 1 aromatic rings. The normalized spacial score (nSPS) is 17.3. The molecular weight excluding hydrogens is 344 g/mol. The highest BCUT2D eigenvalue weighted by molar-refractivity contribution is 5.95. The summed E-state index contributed by atoms with van der Waals surface area (Å²) in [5.41, 5.74) is 6.75. The second kappa shape index (κ2) is 8.93. The molecule has 0 aliphatic carbocycles. The molecule has 2 rings (SSSR count). The molecule has 1 heterocycles. The third-order valence-electron chi connectivity index (χ3n) is 4.44. The van der Waals surface area contributed by atoms with Crippen molar-refractivity contribution in [2.24, 2.45) is 11.7 Å². The lowest BCUT2D eigenvalue weighted by Gasteiger charge is -2.32. The van der Waals surface area contributed by atoms with Crippen molar-refractivity contribution in [1.82, 2.24) is 10.2 Å². The fourth-order valence-electron chi connectivity index (χ4n) is 3.25. The van der Waals surface area contributed by atoms with Crippen molar-refractivity contribution in [2.45, 2.75) is 33.3 Å². The molecule has 1 aliphatic heterocycles. The number of carbonyl (C=O) groups excluding carboxylic acids is 2. The van der Waals surface area contributed by atoms with Crippen LogP contribution in [0.5, 0.6) is 5.75 Å². The van der Waals surface area contributed by atoms with E-state index < -0.39 is 6.61 Å². The Balaban J connectivity index is 2.11. The number of aryl methyl sites for hydroxylation is 2. The van der Waals surface area contributed by atoms with Gasteiger partial charge in [0, 0.05) is 31.7 Å². The standard InChI is InChI=1S/C18H25F2N3O3/c1-11-8-14(9-12(2)15(11)26-18(19)20)17(25)23-7-3-4-13(10-23)16(24)22-6-5-21/h8-9,13,18H,3-7,10,21H2,1-2H3,(H,22,24). The molecule has 1 aromatic carbocycles. The number of ether oxygens (including phenoxy) is 1. The van der Waals surface area contributed by atoms with Gasteiger partial charge >= 0.3 is 6.61 Å². The van der Waals surface area contributed by atoms with Crippen LogP contribution in [0.3, 0.4) is 0 Å². The highest BCUT2D eigenvalue weighted by Crippen LogP contribution is 2.28. The van der Waals surface area contributed by atoms with E-state index in [1.165, 1.54) is 0 Å². The first-order valence-electron chi connectivity index (χ1n) is 8.66. The van der Waals surface area contributed by atoms with Crippen molar-refractivity contribution in [3.63, 3.8) is 0 Å². The molecule has 3 N–H and O–H groups in total. The average Bonchev–Trinajstić information content (AvgIpc) is 2.61. The van der Waals surface area contributed by atoms with E-state index >= 15 is 0 Å². The molecule has 1 fully saturated rings. The summed E-state index contributed by atoms with van der Waals surface area (Å²) in [4.78, 5) is 26.6. The molecule has 2 amide bonds. The molecule has 144 valence electrons. The molecule has 0 radical (unpaired) electrons. The molecular formula is C18H25F2N3O3. The smallest absolute Gasteiger partial charge is 0.387 e. The summed E-state index contributed by atoms with van der Waals surface area (Å²) in [6.45, 7) is 2.01. The topological polar surface area (TPSA) is 84.7 Å². The SMILES string of the molecule is Cc1cc(C(=O)N2CCCC(C(=O)NCCN)C2)cc(C)c1OC(F)F. The second-order valence-corrected chi connectivity index (χ2v) is 6.49. The predicted molar refractivity (Wildman–Crippen MR) is 93.2 cm³/mol. The number of nitrogens with one attached hydrogen (secondary N) is 1. The second-order valence-electron chi connectivity index (χ2n) is 6.49. The summed E-state index contributed by atoms with van der Waals surface area (Å²) in [6.07, 6.45) is 1.45. The van der Waals surface area contributed by atoms with Gasteiger partial charge in [-0.25, -0.2) is 0 Å². The maximum Gasteiger partial charge on any atom is 0.387 e. The maximum absolute atomic E-state index is 12.8. The molecule has 26 heavy (non-hydrogen) atoms. The Bertz CT molecular complexity index is 644. The molecule has 1 unspecified atom stereocenters. The first kappa shape index (κ1) is 20.1. The van der Waals surface area contributed by atoms with Crippen molar-refractivity contribution in [1.29, 1.82) is 0 Å². The third kappa shape index (κ3) is 4.91. The van der Waals surface area contributed by atoms with Crippen molar-refractivity contribution in [3.8, 4) is 5.75 Å². The largest absolute Gasteiger partial charge is 0.434 e. The minimum atomic E-state index is -2.91. The van der Waals surface area contributed by atoms with E-state index in [1.807, 2.05) is 0 Å². The lowest BCUT2D eigenvalue weighted by Crippen LogP contribution is -2.46. The number of alkyl halides is 2. The van der Waals surface area contributed by atoms with Gasteiger partial charge in [0.05, 0.1) is 5.92 Å². The van der Waals surface area contributed by atoms with Gasteiger partial charge in [-0.2, -0.15) is 8.78 Å². The van der Waals surface area contributed by atoms with Gasteiger partial charge < -0.3 is 20.7 Å². The highest BCUT2D eigenvalue weighted by atomic mass is 19.3. The zero-order valence-corrected chi connectivity index (χ0v) is 15.1. The van der Waals surface area contributed by atoms with Gasteiger partial charge in [0.25, 0.3) is 5.91 Å². The van der Waals surface area contributed by atoms with Crippen LogP contribution in [-0.4, -0.2) is 49.5 Å². The number of nitrogens with two attached hydrogens (primary N) is 1. The molecule has 1 saturated heterocycles. The van der Waals surface area contributed by atoms with Crippen molar-refractivity contribution in [2.75, 3.05) is 26.2 Å². The van der Waals surface area contributed by atoms with Crippen molar-refractivity contribution in [3.05, 3.63) is 28.8 Å². The fourth-order valence-corrected chi connectivity index (χ4v) is 3.25. The Morgan fingerprint density at radius 3 is 2.58 bits per heavy atom. The van der Waals surface area contributed by atoms with Crippen LogP contribution in [0.25, 0.3) is 0 Å². The Kier molecular flexibility index (Phi) is 6.90. The van der Waals surface area contributed by atoms with E-state index in [2.05, 4.69) is 10.1 Å². The van der Waals surface area contributed by atoms with Crippen molar-refractivity contribution < 1.29 is 23.1 Å². The van der Waals surface area contributed by atoms with Gasteiger partial charge in [-0.05, 0) is 49.9 Å². The Hall–Kier alpha value is -2.22. The highest BCUT2D eigenvalue weighted by Gasteiger charge is 2.29. The van der Waals surface area contributed by atoms with E-state index in [4.69, 9.17) is 5.73 Å². The molecule has 0 bridgehead atoms. The van der Waals surface area contributed by atoms with Crippen LogP contribution in [-0.2, 0) is 4.79 Å². The van der Waals surface area contributed by atoms with E-state index in [9.17, 15) is 18.4 Å². The maximum atomic E-state index is 12.8. The minimum absolute atomic E-state index is 0.0919. The Morgan fingerprint density at radius 1 is 1.35 bits per heavy atom. The van der Waals surface area contributed by atoms with E-state index in [-0.39, 0.29) is 23.5 Å². The molecule has 0 saturated carbocycles. The number of likely N-dealkylation sites (tertiary alicyclic amines) is 1. The lowest BCUT2D eigenvalue weighted by molar-refractivity contribution is -0.126. The van der Waals surface area contributed by atoms with Crippen molar-refractivity contribution >= 4 is 11.8 Å². The van der Waals surface area contributed by atoms with Gasteiger partial charge in [-0.15, -0.1) is 0 Å². The average molecular weight is 369 g/mol. The van der Waals surface area contributed by atoms with Gasteiger partial charge in [0.1, 0.15) is 5.75 Å². The first-order chi connectivity index (χ1) is 12.3. The summed E-state index contributed by atoms with van der Waals surface area (Å²) < 4.78 is 29.5. The van der Waals surface area contributed by atoms with Crippen LogP contribution in [0, 0.1) is 19.8 Å². The number of hydrogen-bond donors (Lipinski definition) is 2. The van der Waals surface area contributed by atoms with Crippen LogP contribution in [0.1, 0.15) is 34.3 Å². The summed E-state index contributed by atoms with van der Waals surface area (Å²) >= 11 is 0. The van der Waals surface area contributed by atoms with Crippen LogP contribution < -0.4 is 15.8 Å². The lowest BCUT2D eigenvalue weighted by atomic mass is 9.96. The van der Waals surface area contributed by atoms with Crippen LogP contribution in [0.4, 0.5) is 8.78 Å². The molecule has 1 atom stereocenters. The Morgan fingerprint density at radius 2 is 2.00 bits per heavy atom. The minimum Gasteiger partial charge on any atom is -0.434 e. The number of nitrogens with zero attached hydrogens (tertiary/aromatic N) is 1. The zero-order chi connectivity index (χ0) is 19.3. The van der Waals surface area contributed by atoms with Gasteiger partial charge in [0.2, 0.25) is 5.91 Å². The zero-order valence-electron chi connectivity index (χ0n) is 15.1. The Labute approximate surface area is 151 Å². The third-order valence-corrected chi connectivity index (χ3v) is 4.44.